The Balaban J connectivity index is 1.52. The summed E-state index contributed by atoms with van der Waals surface area (Å²) in [7, 11) is -2.27. The molecule has 3 aromatic carbocycles. The number of Topliss-reactive ketones (excluding diaryl/α,β-unsaturated/α-hetero) is 1. The molecule has 0 radical (unpaired) electrons. The molecule has 9 heteroatoms. The third-order valence-electron chi connectivity index (χ3n) is 4.86. The first-order valence-electron chi connectivity index (χ1n) is 10.6. The van der Waals surface area contributed by atoms with Gasteiger partial charge in [-0.05, 0) is 79.7 Å². The van der Waals surface area contributed by atoms with Crippen molar-refractivity contribution in [1.82, 2.24) is 0 Å². The first-order valence-corrected chi connectivity index (χ1v) is 12.1. The molecule has 0 bridgehead atoms. The van der Waals surface area contributed by atoms with Gasteiger partial charge < -0.3 is 14.8 Å². The molecule has 0 aliphatic carbocycles. The molecule has 34 heavy (non-hydrogen) atoms. The number of hydrogen-bond donors (Lipinski definition) is 2. The van der Waals surface area contributed by atoms with Crippen LogP contribution < -0.4 is 19.5 Å². The van der Waals surface area contributed by atoms with Crippen LogP contribution in [0.4, 0.5) is 11.4 Å². The van der Waals surface area contributed by atoms with Crippen molar-refractivity contribution < 1.29 is 27.5 Å². The number of rotatable bonds is 11. The average molecular weight is 483 g/mol. The first-order chi connectivity index (χ1) is 16.3. The number of carbonyl (C=O) groups excluding carboxylic acids is 2. The highest BCUT2D eigenvalue weighted by molar-refractivity contribution is 7.92. The second-order valence-electron chi connectivity index (χ2n) is 7.29. The van der Waals surface area contributed by atoms with E-state index in [1.54, 1.807) is 48.5 Å². The molecule has 0 aliphatic heterocycles. The topological polar surface area (TPSA) is 111 Å². The molecule has 8 nitrogen and oxygen atoms in total. The molecule has 0 spiro atoms. The van der Waals surface area contributed by atoms with Crippen LogP contribution in [0.25, 0.3) is 0 Å². The molecular weight excluding hydrogens is 456 g/mol. The molecule has 0 fully saturated rings. The summed E-state index contributed by atoms with van der Waals surface area (Å²) in [4.78, 5) is 24.6. The van der Waals surface area contributed by atoms with Gasteiger partial charge in [-0.2, -0.15) is 0 Å². The summed E-state index contributed by atoms with van der Waals surface area (Å²) >= 11 is 0. The quantitative estimate of drug-likeness (QED) is 0.390. The van der Waals surface area contributed by atoms with E-state index in [2.05, 4.69) is 10.0 Å². The zero-order chi connectivity index (χ0) is 24.6. The predicted octanol–water partition coefficient (Wildman–Crippen LogP) is 4.50. The predicted molar refractivity (Wildman–Crippen MR) is 130 cm³/mol. The van der Waals surface area contributed by atoms with Crippen LogP contribution in [-0.2, 0) is 14.8 Å². The maximum absolute atomic E-state index is 12.6. The molecule has 178 valence electrons. The SMILES string of the molecule is CCOc1ccc(C(=O)CCC(=O)Nc2ccc(S(=O)(=O)Nc3ccc(OC)cc3)cc2)cc1. The fourth-order valence-corrected chi connectivity index (χ4v) is 4.15. The molecule has 0 saturated carbocycles. The lowest BCUT2D eigenvalue weighted by molar-refractivity contribution is -0.116. The lowest BCUT2D eigenvalue weighted by atomic mass is 10.1. The van der Waals surface area contributed by atoms with E-state index in [1.165, 1.54) is 31.4 Å². The summed E-state index contributed by atoms with van der Waals surface area (Å²) in [5.74, 6) is 0.807. The Morgan fingerprint density at radius 2 is 1.38 bits per heavy atom. The summed E-state index contributed by atoms with van der Waals surface area (Å²) in [5, 5.41) is 2.68. The minimum atomic E-state index is -3.79. The van der Waals surface area contributed by atoms with Crippen molar-refractivity contribution in [3.63, 3.8) is 0 Å². The van der Waals surface area contributed by atoms with Crippen molar-refractivity contribution in [1.29, 1.82) is 0 Å². The third kappa shape index (κ3) is 6.82. The van der Waals surface area contributed by atoms with Crippen molar-refractivity contribution in [2.75, 3.05) is 23.8 Å². The van der Waals surface area contributed by atoms with Gasteiger partial charge in [-0.15, -0.1) is 0 Å². The van der Waals surface area contributed by atoms with Crippen LogP contribution in [0.15, 0.2) is 77.7 Å². The van der Waals surface area contributed by atoms with Crippen LogP contribution in [0.5, 0.6) is 11.5 Å². The average Bonchev–Trinajstić information content (AvgIpc) is 2.84. The summed E-state index contributed by atoms with van der Waals surface area (Å²) in [6.07, 6.45) is 0.0587. The molecule has 0 unspecified atom stereocenters. The molecule has 0 heterocycles. The van der Waals surface area contributed by atoms with Crippen LogP contribution in [0.1, 0.15) is 30.1 Å². The van der Waals surface area contributed by atoms with Crippen molar-refractivity contribution in [3.05, 3.63) is 78.4 Å². The highest BCUT2D eigenvalue weighted by atomic mass is 32.2. The van der Waals surface area contributed by atoms with Crippen molar-refractivity contribution in [2.24, 2.45) is 0 Å². The monoisotopic (exact) mass is 482 g/mol. The van der Waals surface area contributed by atoms with E-state index < -0.39 is 10.0 Å². The van der Waals surface area contributed by atoms with E-state index in [9.17, 15) is 18.0 Å². The van der Waals surface area contributed by atoms with Gasteiger partial charge in [-0.3, -0.25) is 14.3 Å². The molecule has 0 saturated heterocycles. The van der Waals surface area contributed by atoms with Gasteiger partial charge in [0.05, 0.1) is 18.6 Å². The van der Waals surface area contributed by atoms with Crippen LogP contribution in [0, 0.1) is 0 Å². The summed E-state index contributed by atoms with van der Waals surface area (Å²) in [6, 6.07) is 19.1. The molecule has 0 atom stereocenters. The largest absolute Gasteiger partial charge is 0.497 e. The van der Waals surface area contributed by atoms with Crippen molar-refractivity contribution >= 4 is 33.1 Å². The van der Waals surface area contributed by atoms with Gasteiger partial charge in [-0.1, -0.05) is 0 Å². The Bertz CT molecular complexity index is 1220. The van der Waals surface area contributed by atoms with Crippen molar-refractivity contribution in [3.8, 4) is 11.5 Å². The Morgan fingerprint density at radius 1 is 0.794 bits per heavy atom. The van der Waals surface area contributed by atoms with Crippen LogP contribution in [-0.4, -0.2) is 33.8 Å². The van der Waals surface area contributed by atoms with Gasteiger partial charge >= 0.3 is 0 Å². The Morgan fingerprint density at radius 3 is 1.97 bits per heavy atom. The van der Waals surface area contributed by atoms with E-state index in [4.69, 9.17) is 9.47 Å². The second kappa shape index (κ2) is 11.3. The summed E-state index contributed by atoms with van der Waals surface area (Å²) in [5.41, 5.74) is 1.34. The smallest absolute Gasteiger partial charge is 0.261 e. The number of anilines is 2. The molecular formula is C25H26N2O6S. The fourth-order valence-electron chi connectivity index (χ4n) is 3.09. The van der Waals surface area contributed by atoms with E-state index in [0.717, 1.165) is 0 Å². The van der Waals surface area contributed by atoms with Crippen LogP contribution in [0.3, 0.4) is 0 Å². The Kier molecular flexibility index (Phi) is 8.26. The number of ether oxygens (including phenoxy) is 2. The Labute approximate surface area is 199 Å². The van der Waals surface area contributed by atoms with Gasteiger partial charge in [0, 0.05) is 29.8 Å². The maximum atomic E-state index is 12.6. The summed E-state index contributed by atoms with van der Waals surface area (Å²) in [6.45, 7) is 2.42. The molecule has 2 N–H and O–H groups in total. The van der Waals surface area contributed by atoms with E-state index in [0.29, 0.717) is 35.0 Å². The zero-order valence-corrected chi connectivity index (χ0v) is 19.7. The Hall–Kier alpha value is -3.85. The lowest BCUT2D eigenvalue weighted by Crippen LogP contribution is -2.15. The number of benzene rings is 3. The normalized spacial score (nSPS) is 10.9. The number of sulfonamides is 1. The fraction of sp³-hybridized carbons (Fsp3) is 0.200. The van der Waals surface area contributed by atoms with Gasteiger partial charge in [0.15, 0.2) is 5.78 Å². The molecule has 3 rings (SSSR count). The summed E-state index contributed by atoms with van der Waals surface area (Å²) < 4.78 is 38.1. The number of ketones is 1. The van der Waals surface area contributed by atoms with E-state index in [1.807, 2.05) is 6.92 Å². The minimum Gasteiger partial charge on any atom is -0.497 e. The molecule has 1 amide bonds. The van der Waals surface area contributed by atoms with E-state index >= 15 is 0 Å². The number of hydrogen-bond acceptors (Lipinski definition) is 6. The standard InChI is InChI=1S/C25H26N2O6S/c1-3-33-22-10-4-18(5-11-22)24(28)16-17-25(29)26-19-8-14-23(15-9-19)34(30,31)27-20-6-12-21(32-2)13-7-20/h4-15,27H,3,16-17H2,1-2H3,(H,26,29). The highest BCUT2D eigenvalue weighted by Gasteiger charge is 2.15. The number of carbonyl (C=O) groups is 2. The van der Waals surface area contributed by atoms with Gasteiger partial charge in [0.25, 0.3) is 10.0 Å². The van der Waals surface area contributed by atoms with Gasteiger partial charge in [0.1, 0.15) is 11.5 Å². The first kappa shape index (κ1) is 24.8. The second-order valence-corrected chi connectivity index (χ2v) is 8.97. The number of nitrogens with one attached hydrogen (secondary N) is 2. The third-order valence-corrected chi connectivity index (χ3v) is 6.25. The van der Waals surface area contributed by atoms with Crippen LogP contribution in [0.2, 0.25) is 0 Å². The number of methoxy groups -OCH3 is 1. The lowest BCUT2D eigenvalue weighted by Gasteiger charge is -2.10. The zero-order valence-electron chi connectivity index (χ0n) is 18.9. The van der Waals surface area contributed by atoms with Gasteiger partial charge in [0.2, 0.25) is 5.91 Å². The van der Waals surface area contributed by atoms with Crippen molar-refractivity contribution in [2.45, 2.75) is 24.7 Å². The molecule has 0 aromatic heterocycles. The van der Waals surface area contributed by atoms with Crippen LogP contribution >= 0.6 is 0 Å². The molecule has 3 aromatic rings. The number of amides is 1. The molecule has 0 aliphatic rings. The van der Waals surface area contributed by atoms with E-state index in [-0.39, 0.29) is 29.4 Å². The van der Waals surface area contributed by atoms with Gasteiger partial charge in [-0.25, -0.2) is 8.42 Å². The minimum absolute atomic E-state index is 0.00508. The highest BCUT2D eigenvalue weighted by Crippen LogP contribution is 2.21. The maximum Gasteiger partial charge on any atom is 0.261 e.